The first-order valence-corrected chi connectivity index (χ1v) is 10.3. The highest BCUT2D eigenvalue weighted by atomic mass is 16.1. The van der Waals surface area contributed by atoms with E-state index in [1.54, 1.807) is 6.08 Å². The fourth-order valence-corrected chi connectivity index (χ4v) is 3.14. The van der Waals surface area contributed by atoms with Gasteiger partial charge in [0.05, 0.1) is 0 Å². The van der Waals surface area contributed by atoms with E-state index in [-0.39, 0.29) is 5.78 Å². The van der Waals surface area contributed by atoms with Crippen molar-refractivity contribution in [3.63, 3.8) is 0 Å². The number of carbonyl (C=O) groups excluding carboxylic acids is 1. The standard InChI is InChI=1S/C31H20O/c32-31(29-16-8-3-9-17-29)30(18-10-15-25-11-4-1-5-12-25)28-23-21-27(22-24-28)20-19-26-13-6-2-7-14-26/h1-9,11-14,16-18,21-24H. The van der Waals surface area contributed by atoms with Crippen LogP contribution in [0.4, 0.5) is 0 Å². The van der Waals surface area contributed by atoms with Gasteiger partial charge < -0.3 is 0 Å². The molecular formula is C31H20O. The van der Waals surface area contributed by atoms with E-state index in [1.165, 1.54) is 0 Å². The van der Waals surface area contributed by atoms with Gasteiger partial charge in [0.2, 0.25) is 0 Å². The number of allylic oxidation sites excluding steroid dienone is 2. The van der Waals surface area contributed by atoms with Crippen molar-refractivity contribution < 1.29 is 4.79 Å². The van der Waals surface area contributed by atoms with E-state index in [4.69, 9.17) is 0 Å². The van der Waals surface area contributed by atoms with Gasteiger partial charge in [-0.2, -0.15) is 0 Å². The third-order valence-corrected chi connectivity index (χ3v) is 4.81. The summed E-state index contributed by atoms with van der Waals surface area (Å²) in [5.74, 6) is 12.4. The van der Waals surface area contributed by atoms with E-state index in [0.29, 0.717) is 11.1 Å². The summed E-state index contributed by atoms with van der Waals surface area (Å²) >= 11 is 0. The highest BCUT2D eigenvalue weighted by molar-refractivity contribution is 6.29. The highest BCUT2D eigenvalue weighted by Gasteiger charge is 2.13. The van der Waals surface area contributed by atoms with Crippen LogP contribution in [0.1, 0.15) is 32.6 Å². The maximum Gasteiger partial charge on any atom is 0.194 e. The molecule has 1 nitrogen and oxygen atoms in total. The van der Waals surface area contributed by atoms with Gasteiger partial charge in [0.15, 0.2) is 5.78 Å². The Morgan fingerprint density at radius 1 is 0.500 bits per heavy atom. The molecule has 0 aliphatic carbocycles. The smallest absolute Gasteiger partial charge is 0.194 e. The molecule has 0 saturated heterocycles. The molecule has 4 rings (SSSR count). The Balaban J connectivity index is 1.65. The quantitative estimate of drug-likeness (QED) is 0.218. The van der Waals surface area contributed by atoms with E-state index in [9.17, 15) is 4.79 Å². The van der Waals surface area contributed by atoms with Crippen LogP contribution in [0.3, 0.4) is 0 Å². The van der Waals surface area contributed by atoms with Crippen molar-refractivity contribution in [1.82, 2.24) is 0 Å². The summed E-state index contributed by atoms with van der Waals surface area (Å²) < 4.78 is 0. The molecule has 0 aromatic heterocycles. The van der Waals surface area contributed by atoms with Crippen molar-refractivity contribution in [2.75, 3.05) is 0 Å². The van der Waals surface area contributed by atoms with Crippen LogP contribution in [0.5, 0.6) is 0 Å². The maximum absolute atomic E-state index is 13.2. The number of hydrogen-bond donors (Lipinski definition) is 0. The van der Waals surface area contributed by atoms with Crippen LogP contribution in [0.15, 0.2) is 121 Å². The van der Waals surface area contributed by atoms with Crippen LogP contribution in [0.2, 0.25) is 0 Å². The van der Waals surface area contributed by atoms with Gasteiger partial charge in [0.1, 0.15) is 0 Å². The third kappa shape index (κ3) is 5.51. The van der Waals surface area contributed by atoms with E-state index in [0.717, 1.165) is 22.3 Å². The molecule has 32 heavy (non-hydrogen) atoms. The number of hydrogen-bond acceptors (Lipinski definition) is 1. The molecule has 150 valence electrons. The normalized spacial score (nSPS) is 10.3. The van der Waals surface area contributed by atoms with Crippen molar-refractivity contribution in [3.8, 4) is 23.7 Å². The first kappa shape index (κ1) is 20.7. The molecule has 0 saturated carbocycles. The molecule has 0 radical (unpaired) electrons. The summed E-state index contributed by atoms with van der Waals surface area (Å²) in [6.45, 7) is 0. The average molecular weight is 409 g/mol. The molecule has 4 aromatic rings. The van der Waals surface area contributed by atoms with Crippen LogP contribution < -0.4 is 0 Å². The lowest BCUT2D eigenvalue weighted by atomic mass is 9.95. The molecule has 1 heteroatoms. The molecule has 0 aliphatic rings. The third-order valence-electron chi connectivity index (χ3n) is 4.81. The first-order chi connectivity index (χ1) is 15.8. The predicted octanol–water partition coefficient (Wildman–Crippen LogP) is 6.40. The van der Waals surface area contributed by atoms with E-state index < -0.39 is 0 Å². The summed E-state index contributed by atoms with van der Waals surface area (Å²) in [4.78, 5) is 13.2. The second-order valence-electron chi connectivity index (χ2n) is 7.08. The second-order valence-corrected chi connectivity index (χ2v) is 7.08. The zero-order chi connectivity index (χ0) is 22.0. The molecule has 4 aromatic carbocycles. The highest BCUT2D eigenvalue weighted by Crippen LogP contribution is 2.20. The lowest BCUT2D eigenvalue weighted by Gasteiger charge is -2.06. The SMILES string of the molecule is O=C(C(=CC#Cc1ccccc1)c1ccc(C#Cc2ccccc2)cc1)c1ccccc1. The largest absolute Gasteiger partial charge is 0.289 e. The van der Waals surface area contributed by atoms with Gasteiger partial charge in [-0.15, -0.1) is 0 Å². The lowest BCUT2D eigenvalue weighted by Crippen LogP contribution is -2.02. The monoisotopic (exact) mass is 408 g/mol. The number of benzene rings is 4. The molecule has 0 heterocycles. The summed E-state index contributed by atoms with van der Waals surface area (Å²) in [6, 6.07) is 36.6. The van der Waals surface area contributed by atoms with E-state index in [2.05, 4.69) is 23.7 Å². The van der Waals surface area contributed by atoms with Gasteiger partial charge in [0, 0.05) is 33.9 Å². The van der Waals surface area contributed by atoms with Crippen LogP contribution in [0, 0.1) is 23.7 Å². The first-order valence-electron chi connectivity index (χ1n) is 10.3. The molecule has 0 N–H and O–H groups in total. The molecule has 0 fully saturated rings. The minimum atomic E-state index is -0.0592. The molecule has 0 bridgehead atoms. The molecular weight excluding hydrogens is 388 g/mol. The van der Waals surface area contributed by atoms with Crippen molar-refractivity contribution >= 4 is 11.4 Å². The van der Waals surface area contributed by atoms with Crippen LogP contribution in [-0.2, 0) is 0 Å². The number of Topliss-reactive ketones (excluding diaryl/α,β-unsaturated/α-hetero) is 1. The zero-order valence-corrected chi connectivity index (χ0v) is 17.5. The number of rotatable bonds is 3. The molecule has 0 unspecified atom stereocenters. The summed E-state index contributed by atoms with van der Waals surface area (Å²) in [7, 11) is 0. The minimum Gasteiger partial charge on any atom is -0.289 e. The summed E-state index contributed by atoms with van der Waals surface area (Å²) in [6.07, 6.45) is 1.70. The molecule has 0 atom stereocenters. The fraction of sp³-hybridized carbons (Fsp3) is 0. The van der Waals surface area contributed by atoms with Gasteiger partial charge in [-0.1, -0.05) is 103 Å². The van der Waals surface area contributed by atoms with Crippen LogP contribution in [-0.4, -0.2) is 5.78 Å². The van der Waals surface area contributed by atoms with E-state index >= 15 is 0 Å². The second kappa shape index (κ2) is 10.4. The van der Waals surface area contributed by atoms with Gasteiger partial charge in [-0.25, -0.2) is 0 Å². The molecule has 0 aliphatic heterocycles. The van der Waals surface area contributed by atoms with Crippen molar-refractivity contribution in [2.45, 2.75) is 0 Å². The van der Waals surface area contributed by atoms with Gasteiger partial charge in [0.25, 0.3) is 0 Å². The van der Waals surface area contributed by atoms with Gasteiger partial charge in [-0.3, -0.25) is 4.79 Å². The fourth-order valence-electron chi connectivity index (χ4n) is 3.14. The Labute approximate surface area is 189 Å². The van der Waals surface area contributed by atoms with Gasteiger partial charge in [-0.05, 0) is 42.0 Å². The Hall–Kier alpha value is -4.59. The average Bonchev–Trinajstić information content (AvgIpc) is 2.87. The summed E-state index contributed by atoms with van der Waals surface area (Å²) in [5.41, 5.74) is 4.76. The van der Waals surface area contributed by atoms with Gasteiger partial charge >= 0.3 is 0 Å². The van der Waals surface area contributed by atoms with Crippen LogP contribution in [0.25, 0.3) is 5.57 Å². The number of ketones is 1. The zero-order valence-electron chi connectivity index (χ0n) is 17.5. The Morgan fingerprint density at radius 3 is 1.53 bits per heavy atom. The lowest BCUT2D eigenvalue weighted by molar-refractivity contribution is 0.105. The maximum atomic E-state index is 13.2. The number of carbonyl (C=O) groups is 1. The Bertz CT molecular complexity index is 1340. The minimum absolute atomic E-state index is 0.0592. The van der Waals surface area contributed by atoms with Crippen molar-refractivity contribution in [2.24, 2.45) is 0 Å². The Kier molecular flexibility index (Phi) is 6.75. The molecule has 0 spiro atoms. The Morgan fingerprint density at radius 2 is 0.969 bits per heavy atom. The van der Waals surface area contributed by atoms with Crippen LogP contribution >= 0.6 is 0 Å². The summed E-state index contributed by atoms with van der Waals surface area (Å²) in [5, 5.41) is 0. The van der Waals surface area contributed by atoms with Crippen molar-refractivity contribution in [3.05, 3.63) is 149 Å². The van der Waals surface area contributed by atoms with E-state index in [1.807, 2.05) is 115 Å². The topological polar surface area (TPSA) is 17.1 Å². The van der Waals surface area contributed by atoms with Crippen molar-refractivity contribution in [1.29, 1.82) is 0 Å². The molecule has 0 amide bonds. The predicted molar refractivity (Wildman–Crippen MR) is 131 cm³/mol.